The number of nitrogens with zero attached hydrogens (tertiary/aromatic N) is 1. The minimum atomic E-state index is -4.40. The average molecular weight is 339 g/mol. The van der Waals surface area contributed by atoms with E-state index in [0.29, 0.717) is 24.3 Å². The molecule has 1 nitrogen and oxygen atoms in total. The lowest BCUT2D eigenvalue weighted by Gasteiger charge is -2.21. The topological polar surface area (TPSA) is 3.24 Å². The van der Waals surface area contributed by atoms with Gasteiger partial charge in [0, 0.05) is 18.8 Å². The molecule has 0 fully saturated rings. The van der Waals surface area contributed by atoms with Crippen LogP contribution < -0.4 is 4.90 Å². The maximum Gasteiger partial charge on any atom is 0.417 e. The fraction of sp³-hybridized carbons (Fsp3) is 0.143. The summed E-state index contributed by atoms with van der Waals surface area (Å²) in [4.78, 5) is 1.98. The van der Waals surface area contributed by atoms with Crippen molar-refractivity contribution >= 4 is 5.69 Å². The fourth-order valence-corrected chi connectivity index (χ4v) is 3.35. The van der Waals surface area contributed by atoms with Gasteiger partial charge in [-0.15, -0.1) is 0 Å². The molecule has 0 radical (unpaired) electrons. The van der Waals surface area contributed by atoms with Crippen LogP contribution in [0.15, 0.2) is 72.8 Å². The van der Waals surface area contributed by atoms with E-state index in [4.69, 9.17) is 0 Å². The summed E-state index contributed by atoms with van der Waals surface area (Å²) >= 11 is 0. The lowest BCUT2D eigenvalue weighted by molar-refractivity contribution is -0.137. The van der Waals surface area contributed by atoms with Crippen molar-refractivity contribution in [2.24, 2.45) is 0 Å². The van der Waals surface area contributed by atoms with E-state index in [1.807, 2.05) is 29.2 Å². The monoisotopic (exact) mass is 339 g/mol. The highest BCUT2D eigenvalue weighted by atomic mass is 19.4. The molecule has 0 aliphatic carbocycles. The lowest BCUT2D eigenvalue weighted by atomic mass is 9.98. The third-order valence-electron chi connectivity index (χ3n) is 4.60. The first-order valence-corrected chi connectivity index (χ1v) is 8.11. The van der Waals surface area contributed by atoms with E-state index in [-0.39, 0.29) is 5.56 Å². The van der Waals surface area contributed by atoms with Gasteiger partial charge in [-0.05, 0) is 34.4 Å². The van der Waals surface area contributed by atoms with Crippen LogP contribution in [0.4, 0.5) is 18.9 Å². The summed E-state index contributed by atoms with van der Waals surface area (Å²) in [7, 11) is 0. The number of anilines is 1. The fourth-order valence-electron chi connectivity index (χ4n) is 3.35. The Hall–Kier alpha value is -2.75. The Morgan fingerprint density at radius 3 is 1.92 bits per heavy atom. The highest BCUT2D eigenvalue weighted by Gasteiger charge is 2.34. The Morgan fingerprint density at radius 2 is 1.32 bits per heavy atom. The van der Waals surface area contributed by atoms with Crippen LogP contribution in [0.25, 0.3) is 11.1 Å². The standard InChI is InChI=1S/C21H16F3N/c22-21(23,24)20-12-18(10-11-19(20)15-6-2-1-3-7-15)25-13-16-8-4-5-9-17(16)14-25/h1-12H,13-14H2. The number of hydrogen-bond acceptors (Lipinski definition) is 1. The minimum Gasteiger partial charge on any atom is -0.363 e. The first-order chi connectivity index (χ1) is 12.0. The highest BCUT2D eigenvalue weighted by molar-refractivity contribution is 5.71. The van der Waals surface area contributed by atoms with Gasteiger partial charge in [-0.25, -0.2) is 0 Å². The van der Waals surface area contributed by atoms with E-state index >= 15 is 0 Å². The summed E-state index contributed by atoms with van der Waals surface area (Å²) in [6.45, 7) is 1.27. The van der Waals surface area contributed by atoms with Gasteiger partial charge in [0.25, 0.3) is 0 Å². The van der Waals surface area contributed by atoms with Gasteiger partial charge < -0.3 is 4.90 Å². The van der Waals surface area contributed by atoms with E-state index in [9.17, 15) is 13.2 Å². The molecule has 1 heterocycles. The molecule has 0 unspecified atom stereocenters. The van der Waals surface area contributed by atoms with E-state index in [0.717, 1.165) is 0 Å². The zero-order valence-electron chi connectivity index (χ0n) is 13.4. The second-order valence-electron chi connectivity index (χ2n) is 6.22. The molecular formula is C21H16F3N. The van der Waals surface area contributed by atoms with Crippen molar-refractivity contribution < 1.29 is 13.2 Å². The summed E-state index contributed by atoms with van der Waals surface area (Å²) < 4.78 is 40.9. The van der Waals surface area contributed by atoms with Crippen LogP contribution in [0.1, 0.15) is 16.7 Å². The molecule has 4 rings (SSSR count). The molecule has 0 N–H and O–H groups in total. The van der Waals surface area contributed by atoms with Crippen LogP contribution in [0.2, 0.25) is 0 Å². The highest BCUT2D eigenvalue weighted by Crippen LogP contribution is 2.40. The third-order valence-corrected chi connectivity index (χ3v) is 4.60. The predicted molar refractivity (Wildman–Crippen MR) is 93.2 cm³/mol. The van der Waals surface area contributed by atoms with Crippen molar-refractivity contribution in [1.29, 1.82) is 0 Å². The predicted octanol–water partition coefficient (Wildman–Crippen LogP) is 5.89. The van der Waals surface area contributed by atoms with E-state index in [1.54, 1.807) is 42.5 Å². The lowest BCUT2D eigenvalue weighted by Crippen LogP contribution is -2.16. The third kappa shape index (κ3) is 3.00. The van der Waals surface area contributed by atoms with Gasteiger partial charge in [0.15, 0.2) is 0 Å². The number of rotatable bonds is 2. The first kappa shape index (κ1) is 15.8. The number of fused-ring (bicyclic) bond motifs is 1. The molecule has 0 aromatic heterocycles. The van der Waals surface area contributed by atoms with Crippen LogP contribution in [0.3, 0.4) is 0 Å². The van der Waals surface area contributed by atoms with Gasteiger partial charge in [-0.1, -0.05) is 60.7 Å². The van der Waals surface area contributed by atoms with Crippen molar-refractivity contribution in [1.82, 2.24) is 0 Å². The van der Waals surface area contributed by atoms with Crippen LogP contribution >= 0.6 is 0 Å². The summed E-state index contributed by atoms with van der Waals surface area (Å²) in [5.41, 5.74) is 3.14. The maximum absolute atomic E-state index is 13.6. The van der Waals surface area contributed by atoms with Gasteiger partial charge in [0.1, 0.15) is 0 Å². The molecule has 126 valence electrons. The molecule has 1 aliphatic rings. The van der Waals surface area contributed by atoms with E-state index in [1.165, 1.54) is 17.2 Å². The number of alkyl halides is 3. The van der Waals surface area contributed by atoms with Gasteiger partial charge >= 0.3 is 6.18 Å². The molecule has 3 aromatic carbocycles. The first-order valence-electron chi connectivity index (χ1n) is 8.11. The molecule has 1 aliphatic heterocycles. The van der Waals surface area contributed by atoms with Gasteiger partial charge in [0.05, 0.1) is 5.56 Å². The Balaban J connectivity index is 1.75. The molecular weight excluding hydrogens is 323 g/mol. The molecule has 0 atom stereocenters. The maximum atomic E-state index is 13.6. The van der Waals surface area contributed by atoms with Gasteiger partial charge in [-0.3, -0.25) is 0 Å². The largest absolute Gasteiger partial charge is 0.417 e. The summed E-state index contributed by atoms with van der Waals surface area (Å²) in [6, 6.07) is 21.3. The van der Waals surface area contributed by atoms with Crippen molar-refractivity contribution in [3.63, 3.8) is 0 Å². The van der Waals surface area contributed by atoms with E-state index in [2.05, 4.69) is 0 Å². The quantitative estimate of drug-likeness (QED) is 0.562. The van der Waals surface area contributed by atoms with Crippen molar-refractivity contribution in [3.8, 4) is 11.1 Å². The zero-order chi connectivity index (χ0) is 17.4. The average Bonchev–Trinajstić information content (AvgIpc) is 3.05. The number of benzene rings is 3. The minimum absolute atomic E-state index is 0.216. The smallest absolute Gasteiger partial charge is 0.363 e. The van der Waals surface area contributed by atoms with Crippen LogP contribution in [0.5, 0.6) is 0 Å². The second kappa shape index (κ2) is 5.96. The SMILES string of the molecule is FC(F)(F)c1cc(N2Cc3ccccc3C2)ccc1-c1ccccc1. The van der Waals surface area contributed by atoms with Crippen molar-refractivity contribution in [2.45, 2.75) is 19.3 Å². The summed E-state index contributed by atoms with van der Waals surface area (Å²) in [6.07, 6.45) is -4.40. The molecule has 0 bridgehead atoms. The van der Waals surface area contributed by atoms with Crippen LogP contribution in [-0.4, -0.2) is 0 Å². The molecule has 4 heteroatoms. The Bertz CT molecular complexity index is 876. The number of hydrogen-bond donors (Lipinski definition) is 0. The Kier molecular flexibility index (Phi) is 3.75. The Morgan fingerprint density at radius 1 is 0.720 bits per heavy atom. The molecule has 25 heavy (non-hydrogen) atoms. The van der Waals surface area contributed by atoms with Crippen molar-refractivity contribution in [3.05, 3.63) is 89.5 Å². The normalized spacial score (nSPS) is 13.8. The van der Waals surface area contributed by atoms with Crippen LogP contribution in [0, 0.1) is 0 Å². The molecule has 0 amide bonds. The summed E-state index contributed by atoms with van der Waals surface area (Å²) in [5, 5.41) is 0. The van der Waals surface area contributed by atoms with Gasteiger partial charge in [0.2, 0.25) is 0 Å². The zero-order valence-corrected chi connectivity index (χ0v) is 13.4. The number of halogens is 3. The van der Waals surface area contributed by atoms with Gasteiger partial charge in [-0.2, -0.15) is 13.2 Å². The van der Waals surface area contributed by atoms with Crippen LogP contribution in [-0.2, 0) is 19.3 Å². The molecule has 0 spiro atoms. The van der Waals surface area contributed by atoms with E-state index < -0.39 is 11.7 Å². The van der Waals surface area contributed by atoms with Crippen molar-refractivity contribution in [2.75, 3.05) is 4.90 Å². The molecule has 0 saturated carbocycles. The summed E-state index contributed by atoms with van der Waals surface area (Å²) in [5.74, 6) is 0. The molecule has 3 aromatic rings. The molecule has 0 saturated heterocycles. The Labute approximate surface area is 144 Å². The second-order valence-corrected chi connectivity index (χ2v) is 6.22.